The van der Waals surface area contributed by atoms with E-state index in [1.807, 2.05) is 31.2 Å². The maximum absolute atomic E-state index is 12.2. The normalized spacial score (nSPS) is 10.4. The van der Waals surface area contributed by atoms with Crippen LogP contribution in [0.2, 0.25) is 0 Å². The molecule has 142 valence electrons. The van der Waals surface area contributed by atoms with Gasteiger partial charge in [-0.2, -0.15) is 0 Å². The maximum atomic E-state index is 12.2. The number of hydrogen-bond donors (Lipinski definition) is 1. The van der Waals surface area contributed by atoms with Crippen molar-refractivity contribution in [1.82, 2.24) is 4.98 Å². The van der Waals surface area contributed by atoms with E-state index in [1.165, 1.54) is 18.3 Å². The summed E-state index contributed by atoms with van der Waals surface area (Å²) >= 11 is 1.33. The Morgan fingerprint density at radius 2 is 1.79 bits per heavy atom. The molecule has 1 aromatic heterocycles. The number of ketones is 1. The molecule has 0 aliphatic carbocycles. The minimum absolute atomic E-state index is 0.150. The van der Waals surface area contributed by atoms with Crippen molar-refractivity contribution < 1.29 is 19.1 Å². The zero-order chi connectivity index (χ0) is 20.1. The molecule has 7 heteroatoms. The van der Waals surface area contributed by atoms with Gasteiger partial charge in [0.25, 0.3) is 5.91 Å². The number of aryl methyl sites for hydroxylation is 1. The molecule has 0 spiro atoms. The summed E-state index contributed by atoms with van der Waals surface area (Å²) in [5.41, 5.74) is 2.97. The lowest BCUT2D eigenvalue weighted by molar-refractivity contribution is -0.119. The van der Waals surface area contributed by atoms with Crippen LogP contribution in [0.15, 0.2) is 53.9 Å². The molecule has 0 saturated heterocycles. The van der Waals surface area contributed by atoms with E-state index in [0.29, 0.717) is 16.3 Å². The fourth-order valence-corrected chi connectivity index (χ4v) is 3.28. The average molecular weight is 394 g/mol. The Morgan fingerprint density at radius 3 is 2.50 bits per heavy atom. The second-order valence-corrected chi connectivity index (χ2v) is 6.99. The Balaban J connectivity index is 1.59. The number of hydrogen-bond acceptors (Lipinski definition) is 6. The van der Waals surface area contributed by atoms with Crippen LogP contribution in [0, 0.1) is 6.92 Å². The largest absolute Gasteiger partial charge is 0.451 e. The smallest absolute Gasteiger partial charge is 0.358 e. The Morgan fingerprint density at radius 1 is 1.07 bits per heavy atom. The topological polar surface area (TPSA) is 85.4 Å². The third kappa shape index (κ3) is 4.69. The van der Waals surface area contributed by atoms with Gasteiger partial charge in [0.1, 0.15) is 5.01 Å². The van der Waals surface area contributed by atoms with Crippen molar-refractivity contribution in [3.8, 4) is 10.6 Å². The first-order valence-corrected chi connectivity index (χ1v) is 9.41. The fraction of sp³-hybridized carbons (Fsp3) is 0.143. The highest BCUT2D eigenvalue weighted by Crippen LogP contribution is 2.24. The van der Waals surface area contributed by atoms with Crippen molar-refractivity contribution in [3.05, 3.63) is 70.7 Å². The van der Waals surface area contributed by atoms with E-state index in [0.717, 1.165) is 11.1 Å². The number of benzene rings is 2. The number of amides is 1. The summed E-state index contributed by atoms with van der Waals surface area (Å²) in [6, 6.07) is 14.5. The van der Waals surface area contributed by atoms with Gasteiger partial charge >= 0.3 is 5.97 Å². The number of anilines is 1. The van der Waals surface area contributed by atoms with Crippen LogP contribution in [-0.4, -0.2) is 29.3 Å². The van der Waals surface area contributed by atoms with Crippen molar-refractivity contribution in [2.45, 2.75) is 13.8 Å². The van der Waals surface area contributed by atoms with E-state index >= 15 is 0 Å². The van der Waals surface area contributed by atoms with Crippen LogP contribution < -0.4 is 5.32 Å². The summed E-state index contributed by atoms with van der Waals surface area (Å²) in [7, 11) is 0. The number of nitrogens with one attached hydrogen (secondary N) is 1. The third-order valence-corrected chi connectivity index (χ3v) is 4.82. The quantitative estimate of drug-likeness (QED) is 0.502. The molecule has 28 heavy (non-hydrogen) atoms. The molecule has 1 amide bonds. The molecule has 0 radical (unpaired) electrons. The molecule has 0 atom stereocenters. The number of aromatic nitrogens is 1. The predicted molar refractivity (Wildman–Crippen MR) is 108 cm³/mol. The van der Waals surface area contributed by atoms with Gasteiger partial charge in [-0.1, -0.05) is 42.0 Å². The molecule has 1 N–H and O–H groups in total. The zero-order valence-electron chi connectivity index (χ0n) is 15.4. The minimum Gasteiger partial charge on any atom is -0.451 e. The van der Waals surface area contributed by atoms with Gasteiger partial charge in [0.2, 0.25) is 0 Å². The van der Waals surface area contributed by atoms with E-state index in [1.54, 1.807) is 29.6 Å². The van der Waals surface area contributed by atoms with Crippen LogP contribution >= 0.6 is 11.3 Å². The summed E-state index contributed by atoms with van der Waals surface area (Å²) in [5, 5.41) is 4.88. The summed E-state index contributed by atoms with van der Waals surface area (Å²) < 4.78 is 5.04. The van der Waals surface area contributed by atoms with Crippen LogP contribution in [0.3, 0.4) is 0 Å². The van der Waals surface area contributed by atoms with Crippen LogP contribution in [-0.2, 0) is 9.53 Å². The first-order chi connectivity index (χ1) is 13.4. The van der Waals surface area contributed by atoms with Crippen molar-refractivity contribution in [2.24, 2.45) is 0 Å². The number of nitrogens with zero attached hydrogens (tertiary/aromatic N) is 1. The van der Waals surface area contributed by atoms with Crippen molar-refractivity contribution in [1.29, 1.82) is 0 Å². The number of esters is 1. The lowest BCUT2D eigenvalue weighted by atomic mass is 10.1. The van der Waals surface area contributed by atoms with Gasteiger partial charge in [-0.05, 0) is 26.0 Å². The Kier molecular flexibility index (Phi) is 5.96. The van der Waals surface area contributed by atoms with Crippen LogP contribution in [0.4, 0.5) is 5.69 Å². The van der Waals surface area contributed by atoms with Crippen LogP contribution in [0.25, 0.3) is 10.6 Å². The summed E-state index contributed by atoms with van der Waals surface area (Å²) in [6.45, 7) is 2.94. The zero-order valence-corrected chi connectivity index (χ0v) is 16.2. The molecule has 6 nitrogen and oxygen atoms in total. The molecule has 0 aliphatic rings. The molecule has 0 bridgehead atoms. The van der Waals surface area contributed by atoms with Gasteiger partial charge in [-0.3, -0.25) is 9.59 Å². The number of carbonyl (C=O) groups is 3. The molecular formula is C21H18N2O4S. The van der Waals surface area contributed by atoms with Crippen molar-refractivity contribution in [3.63, 3.8) is 0 Å². The predicted octanol–water partition coefficient (Wildman–Crippen LogP) is 4.12. The number of rotatable bonds is 6. The van der Waals surface area contributed by atoms with E-state index in [9.17, 15) is 14.4 Å². The lowest BCUT2D eigenvalue weighted by Crippen LogP contribution is -2.22. The first-order valence-electron chi connectivity index (χ1n) is 8.53. The van der Waals surface area contributed by atoms with E-state index in [-0.39, 0.29) is 11.5 Å². The Hall–Kier alpha value is -3.32. The second kappa shape index (κ2) is 8.58. The molecule has 2 aromatic carbocycles. The molecule has 3 rings (SSSR count). The molecule has 0 unspecified atom stereocenters. The van der Waals surface area contributed by atoms with Gasteiger partial charge in [0, 0.05) is 16.5 Å². The second-order valence-electron chi connectivity index (χ2n) is 6.13. The standard InChI is InChI=1S/C21H18N2O4S/c1-13-7-9-15(10-8-13)20-23-18(12-28-20)21(26)27-11-19(25)22-17-6-4-3-5-16(17)14(2)24/h3-10,12H,11H2,1-2H3,(H,22,25). The van der Waals surface area contributed by atoms with E-state index in [4.69, 9.17) is 4.74 Å². The number of Topliss-reactive ketones (excluding diaryl/α,β-unsaturated/α-hetero) is 1. The van der Waals surface area contributed by atoms with Crippen molar-refractivity contribution in [2.75, 3.05) is 11.9 Å². The number of ether oxygens (including phenoxy) is 1. The summed E-state index contributed by atoms with van der Waals surface area (Å²) in [4.78, 5) is 40.1. The highest BCUT2D eigenvalue weighted by Gasteiger charge is 2.16. The lowest BCUT2D eigenvalue weighted by Gasteiger charge is -2.09. The summed E-state index contributed by atoms with van der Waals surface area (Å²) in [6.07, 6.45) is 0. The molecule has 3 aromatic rings. The SMILES string of the molecule is CC(=O)c1ccccc1NC(=O)COC(=O)c1csc(-c2ccc(C)cc2)n1. The maximum Gasteiger partial charge on any atom is 0.358 e. The Labute approximate surface area is 166 Å². The number of thiazole rings is 1. The van der Waals surface area contributed by atoms with Crippen molar-refractivity contribution >= 4 is 34.7 Å². The molecule has 0 aliphatic heterocycles. The molecular weight excluding hydrogens is 376 g/mol. The van der Waals surface area contributed by atoms with Gasteiger partial charge in [0.05, 0.1) is 5.69 Å². The van der Waals surface area contributed by atoms with Gasteiger partial charge in [-0.15, -0.1) is 11.3 Å². The number of carbonyl (C=O) groups excluding carboxylic acids is 3. The monoisotopic (exact) mass is 394 g/mol. The average Bonchev–Trinajstić information content (AvgIpc) is 3.17. The molecule has 0 fully saturated rings. The first kappa shape index (κ1) is 19.4. The third-order valence-electron chi connectivity index (χ3n) is 3.93. The minimum atomic E-state index is -0.676. The van der Waals surface area contributed by atoms with Crippen LogP contribution in [0.5, 0.6) is 0 Å². The fourth-order valence-electron chi connectivity index (χ4n) is 2.49. The van der Waals surface area contributed by atoms with E-state index in [2.05, 4.69) is 10.3 Å². The van der Waals surface area contributed by atoms with Gasteiger partial charge < -0.3 is 10.1 Å². The van der Waals surface area contributed by atoms with E-state index < -0.39 is 18.5 Å². The summed E-state index contributed by atoms with van der Waals surface area (Å²) in [5.74, 6) is -1.38. The van der Waals surface area contributed by atoms with Gasteiger partial charge in [-0.25, -0.2) is 9.78 Å². The van der Waals surface area contributed by atoms with Gasteiger partial charge in [0.15, 0.2) is 18.1 Å². The molecule has 0 saturated carbocycles. The highest BCUT2D eigenvalue weighted by atomic mass is 32.1. The van der Waals surface area contributed by atoms with Crippen LogP contribution in [0.1, 0.15) is 33.3 Å². The number of para-hydroxylation sites is 1. The highest BCUT2D eigenvalue weighted by molar-refractivity contribution is 7.13. The Bertz CT molecular complexity index is 1020. The molecule has 1 heterocycles.